The van der Waals surface area contributed by atoms with Crippen molar-refractivity contribution in [2.24, 2.45) is 0 Å². The molecular weight excluding hydrogens is 206 g/mol. The average Bonchev–Trinajstić information content (AvgIpc) is 2.64. The quantitative estimate of drug-likeness (QED) is 0.850. The minimum atomic E-state index is -0.829. The molecule has 0 radical (unpaired) electrons. The second-order valence-corrected chi connectivity index (χ2v) is 4.32. The van der Waals surface area contributed by atoms with E-state index < -0.39 is 5.97 Å². The lowest BCUT2D eigenvalue weighted by atomic mass is 9.83. The number of carboxylic acid groups (broad SMARTS) is 1. The summed E-state index contributed by atoms with van der Waals surface area (Å²) < 4.78 is 3.47. The molecular formula is C11H13N3O2. The van der Waals surface area contributed by atoms with E-state index in [2.05, 4.69) is 5.10 Å². The summed E-state index contributed by atoms with van der Waals surface area (Å²) in [7, 11) is 0. The predicted octanol–water partition coefficient (Wildman–Crippen LogP) is 1.49. The maximum atomic E-state index is 10.7. The molecule has 5 nitrogen and oxygen atoms in total. The van der Waals surface area contributed by atoms with E-state index in [4.69, 9.17) is 5.11 Å². The molecule has 2 aromatic rings. The van der Waals surface area contributed by atoms with E-state index in [9.17, 15) is 4.79 Å². The van der Waals surface area contributed by atoms with Gasteiger partial charge in [-0.2, -0.15) is 5.10 Å². The molecule has 0 atom stereocenters. The zero-order valence-electron chi connectivity index (χ0n) is 8.83. The Kier molecular flexibility index (Phi) is 1.99. The number of rotatable bonds is 3. The average molecular weight is 219 g/mol. The summed E-state index contributed by atoms with van der Waals surface area (Å²) in [5, 5.41) is 13.2. The van der Waals surface area contributed by atoms with Crippen molar-refractivity contribution in [1.29, 1.82) is 0 Å². The van der Waals surface area contributed by atoms with Crippen LogP contribution in [0.4, 0.5) is 0 Å². The van der Waals surface area contributed by atoms with Gasteiger partial charge in [0.1, 0.15) is 12.2 Å². The van der Waals surface area contributed by atoms with E-state index in [1.807, 2.05) is 6.07 Å². The minimum absolute atomic E-state index is 0.00764. The van der Waals surface area contributed by atoms with E-state index in [0.717, 1.165) is 11.3 Å². The molecule has 1 saturated carbocycles. The number of hydrogen-bond acceptors (Lipinski definition) is 2. The molecule has 3 rings (SSSR count). The van der Waals surface area contributed by atoms with Gasteiger partial charge in [0.15, 0.2) is 0 Å². The fourth-order valence-corrected chi connectivity index (χ4v) is 2.13. The van der Waals surface area contributed by atoms with Crippen LogP contribution in [0.1, 0.15) is 30.9 Å². The Morgan fingerprint density at radius 3 is 2.94 bits per heavy atom. The molecule has 0 saturated heterocycles. The van der Waals surface area contributed by atoms with Crippen LogP contribution in [-0.2, 0) is 11.3 Å². The standard InChI is InChI=1S/C11H13N3O2/c15-11(16)7-13-4-5-14-10(13)6-9(12-14)8-2-1-3-8/h4-6,8H,1-3,7H2,(H,15,16). The first kappa shape index (κ1) is 9.45. The molecule has 0 unspecified atom stereocenters. The third-order valence-electron chi connectivity index (χ3n) is 3.25. The van der Waals surface area contributed by atoms with Crippen molar-refractivity contribution in [2.75, 3.05) is 0 Å². The molecule has 0 amide bonds. The summed E-state index contributed by atoms with van der Waals surface area (Å²) in [5.41, 5.74) is 1.96. The summed E-state index contributed by atoms with van der Waals surface area (Å²) in [5.74, 6) is -0.248. The second-order valence-electron chi connectivity index (χ2n) is 4.32. The molecule has 1 aliphatic rings. The highest BCUT2D eigenvalue weighted by atomic mass is 16.4. The number of carbonyl (C=O) groups is 1. The number of aliphatic carboxylic acids is 1. The van der Waals surface area contributed by atoms with E-state index in [0.29, 0.717) is 5.92 Å². The van der Waals surface area contributed by atoms with Gasteiger partial charge in [0.2, 0.25) is 0 Å². The van der Waals surface area contributed by atoms with E-state index in [-0.39, 0.29) is 6.54 Å². The molecule has 0 spiro atoms. The highest BCUT2D eigenvalue weighted by Crippen LogP contribution is 2.35. The SMILES string of the molecule is O=C(O)Cn1ccn2nc(C3CCC3)cc12. The summed E-state index contributed by atoms with van der Waals surface area (Å²) in [4.78, 5) is 10.7. The van der Waals surface area contributed by atoms with Crippen molar-refractivity contribution in [2.45, 2.75) is 31.7 Å². The molecule has 1 aliphatic carbocycles. The number of imidazole rings is 1. The Labute approximate surface area is 92.3 Å². The van der Waals surface area contributed by atoms with Crippen LogP contribution >= 0.6 is 0 Å². The lowest BCUT2D eigenvalue weighted by molar-refractivity contribution is -0.137. The van der Waals surface area contributed by atoms with Crippen LogP contribution in [0.3, 0.4) is 0 Å². The van der Waals surface area contributed by atoms with Crippen molar-refractivity contribution in [1.82, 2.24) is 14.2 Å². The Hall–Kier alpha value is -1.78. The summed E-state index contributed by atoms with van der Waals surface area (Å²) >= 11 is 0. The summed E-state index contributed by atoms with van der Waals surface area (Å²) in [6, 6.07) is 2.01. The van der Waals surface area contributed by atoms with Crippen LogP contribution in [-0.4, -0.2) is 25.3 Å². The van der Waals surface area contributed by atoms with Crippen molar-refractivity contribution in [3.8, 4) is 0 Å². The zero-order valence-corrected chi connectivity index (χ0v) is 8.83. The Morgan fingerprint density at radius 2 is 2.31 bits per heavy atom. The van der Waals surface area contributed by atoms with E-state index in [1.54, 1.807) is 21.5 Å². The van der Waals surface area contributed by atoms with Gasteiger partial charge in [0, 0.05) is 24.4 Å². The van der Waals surface area contributed by atoms with Gasteiger partial charge >= 0.3 is 5.97 Å². The second kappa shape index (κ2) is 3.37. The largest absolute Gasteiger partial charge is 0.480 e. The number of hydrogen-bond donors (Lipinski definition) is 1. The number of aromatic nitrogens is 3. The fourth-order valence-electron chi connectivity index (χ4n) is 2.13. The van der Waals surface area contributed by atoms with E-state index >= 15 is 0 Å². The molecule has 84 valence electrons. The monoisotopic (exact) mass is 219 g/mol. The lowest BCUT2D eigenvalue weighted by Gasteiger charge is -2.22. The van der Waals surface area contributed by atoms with Gasteiger partial charge in [-0.3, -0.25) is 4.79 Å². The highest BCUT2D eigenvalue weighted by Gasteiger charge is 2.23. The Balaban J connectivity index is 1.97. The van der Waals surface area contributed by atoms with Crippen molar-refractivity contribution < 1.29 is 9.90 Å². The first-order chi connectivity index (χ1) is 7.74. The summed E-state index contributed by atoms with van der Waals surface area (Å²) in [6.07, 6.45) is 7.25. The van der Waals surface area contributed by atoms with Crippen molar-refractivity contribution in [3.05, 3.63) is 24.2 Å². The Bertz CT molecular complexity index is 536. The van der Waals surface area contributed by atoms with Crippen molar-refractivity contribution >= 4 is 11.6 Å². The van der Waals surface area contributed by atoms with Gasteiger partial charge in [-0.05, 0) is 12.8 Å². The molecule has 1 N–H and O–H groups in total. The maximum absolute atomic E-state index is 10.7. The molecule has 16 heavy (non-hydrogen) atoms. The summed E-state index contributed by atoms with van der Waals surface area (Å²) in [6.45, 7) is -0.00764. The van der Waals surface area contributed by atoms with Crippen LogP contribution in [0, 0.1) is 0 Å². The topological polar surface area (TPSA) is 59.5 Å². The first-order valence-electron chi connectivity index (χ1n) is 5.50. The first-order valence-corrected chi connectivity index (χ1v) is 5.50. The minimum Gasteiger partial charge on any atom is -0.480 e. The molecule has 2 aromatic heterocycles. The van der Waals surface area contributed by atoms with Crippen LogP contribution in [0.2, 0.25) is 0 Å². The smallest absolute Gasteiger partial charge is 0.323 e. The maximum Gasteiger partial charge on any atom is 0.323 e. The van der Waals surface area contributed by atoms with Crippen LogP contribution in [0.15, 0.2) is 18.5 Å². The molecule has 0 bridgehead atoms. The third-order valence-corrected chi connectivity index (χ3v) is 3.25. The van der Waals surface area contributed by atoms with Crippen LogP contribution < -0.4 is 0 Å². The normalized spacial score (nSPS) is 16.5. The fraction of sp³-hybridized carbons (Fsp3) is 0.455. The van der Waals surface area contributed by atoms with Gasteiger partial charge in [-0.1, -0.05) is 6.42 Å². The molecule has 0 aromatic carbocycles. The van der Waals surface area contributed by atoms with Gasteiger partial charge in [0.25, 0.3) is 0 Å². The number of carboxylic acids is 1. The number of fused-ring (bicyclic) bond motifs is 1. The molecule has 2 heterocycles. The van der Waals surface area contributed by atoms with Gasteiger partial charge in [-0.15, -0.1) is 0 Å². The highest BCUT2D eigenvalue weighted by molar-refractivity contribution is 5.67. The van der Waals surface area contributed by atoms with Gasteiger partial charge < -0.3 is 9.67 Å². The van der Waals surface area contributed by atoms with Crippen LogP contribution in [0.25, 0.3) is 5.65 Å². The van der Waals surface area contributed by atoms with Gasteiger partial charge in [0.05, 0.1) is 5.69 Å². The molecule has 1 fully saturated rings. The molecule has 0 aliphatic heterocycles. The molecule has 5 heteroatoms. The van der Waals surface area contributed by atoms with E-state index in [1.165, 1.54) is 19.3 Å². The Morgan fingerprint density at radius 1 is 1.50 bits per heavy atom. The van der Waals surface area contributed by atoms with Crippen LogP contribution in [0.5, 0.6) is 0 Å². The lowest BCUT2D eigenvalue weighted by Crippen LogP contribution is -2.09. The number of nitrogens with zero attached hydrogens (tertiary/aromatic N) is 3. The van der Waals surface area contributed by atoms with Crippen molar-refractivity contribution in [3.63, 3.8) is 0 Å². The third kappa shape index (κ3) is 1.39. The van der Waals surface area contributed by atoms with Gasteiger partial charge in [-0.25, -0.2) is 4.52 Å². The predicted molar refractivity (Wildman–Crippen MR) is 57.4 cm³/mol. The zero-order chi connectivity index (χ0) is 11.1.